The molecule has 4 N–H and O–H groups in total. The number of anilines is 2. The lowest BCUT2D eigenvalue weighted by molar-refractivity contribution is -0.116. The summed E-state index contributed by atoms with van der Waals surface area (Å²) in [5.74, 6) is -0.269. The van der Waals surface area contributed by atoms with Gasteiger partial charge in [0.05, 0.1) is 11.4 Å². The van der Waals surface area contributed by atoms with Crippen molar-refractivity contribution in [2.45, 2.75) is 121 Å². The van der Waals surface area contributed by atoms with E-state index in [9.17, 15) is 17.8 Å². The summed E-state index contributed by atoms with van der Waals surface area (Å²) in [7, 11) is -4.52. The maximum absolute atomic E-state index is 12.2. The number of amides is 1. The highest BCUT2D eigenvalue weighted by Crippen LogP contribution is 2.29. The summed E-state index contributed by atoms with van der Waals surface area (Å²) < 4.78 is 32.6. The smallest absolute Gasteiger partial charge is 0.298 e. The molecular weight excluding hydrogens is 424 g/mol. The van der Waals surface area contributed by atoms with Crippen LogP contribution in [0.3, 0.4) is 0 Å². The van der Waals surface area contributed by atoms with Crippen molar-refractivity contribution in [3.8, 4) is 0 Å². The van der Waals surface area contributed by atoms with E-state index < -0.39 is 15.0 Å². The molecule has 6 nitrogen and oxygen atoms in total. The van der Waals surface area contributed by atoms with Crippen molar-refractivity contribution >= 4 is 27.4 Å². The van der Waals surface area contributed by atoms with Crippen molar-refractivity contribution in [2.75, 3.05) is 11.1 Å². The van der Waals surface area contributed by atoms with Gasteiger partial charge in [-0.15, -0.1) is 0 Å². The average molecular weight is 469 g/mol. The zero-order valence-electron chi connectivity index (χ0n) is 20.1. The topological polar surface area (TPSA) is 109 Å². The molecule has 1 aromatic rings. The molecular formula is C25H44N2O4S. The van der Waals surface area contributed by atoms with E-state index in [1.165, 1.54) is 89.2 Å². The van der Waals surface area contributed by atoms with Crippen molar-refractivity contribution in [1.82, 2.24) is 0 Å². The van der Waals surface area contributed by atoms with E-state index in [1.54, 1.807) is 6.92 Å². The van der Waals surface area contributed by atoms with Crippen LogP contribution < -0.4 is 11.1 Å². The van der Waals surface area contributed by atoms with Crippen LogP contribution >= 0.6 is 0 Å². The Balaban J connectivity index is 2.11. The number of aryl methyl sites for hydroxylation is 1. The Labute approximate surface area is 195 Å². The second kappa shape index (κ2) is 16.1. The summed E-state index contributed by atoms with van der Waals surface area (Å²) in [5, 5.41) is 2.59. The zero-order valence-corrected chi connectivity index (χ0v) is 20.9. The van der Waals surface area contributed by atoms with Crippen LogP contribution in [0, 0.1) is 6.92 Å². The van der Waals surface area contributed by atoms with Gasteiger partial charge in [0.25, 0.3) is 10.1 Å². The predicted molar refractivity (Wildman–Crippen MR) is 134 cm³/mol. The summed E-state index contributed by atoms with van der Waals surface area (Å²) >= 11 is 0. The molecule has 0 atom stereocenters. The van der Waals surface area contributed by atoms with Crippen LogP contribution in [-0.4, -0.2) is 18.9 Å². The van der Waals surface area contributed by atoms with E-state index in [0.717, 1.165) is 19.3 Å². The first-order chi connectivity index (χ1) is 15.3. The summed E-state index contributed by atoms with van der Waals surface area (Å²) in [6.07, 6.45) is 19.2. The molecule has 7 heteroatoms. The molecule has 1 aromatic carbocycles. The van der Waals surface area contributed by atoms with E-state index in [4.69, 9.17) is 5.73 Å². The molecule has 0 fully saturated rings. The number of hydrogen-bond acceptors (Lipinski definition) is 4. The maximum Gasteiger partial charge on any atom is 0.298 e. The van der Waals surface area contributed by atoms with Gasteiger partial charge in [-0.3, -0.25) is 9.35 Å². The van der Waals surface area contributed by atoms with Crippen molar-refractivity contribution in [3.05, 3.63) is 17.7 Å². The van der Waals surface area contributed by atoms with Gasteiger partial charge in [-0.05, 0) is 31.0 Å². The number of nitrogens with one attached hydrogen (secondary N) is 1. The third kappa shape index (κ3) is 12.4. The van der Waals surface area contributed by atoms with Crippen molar-refractivity contribution in [2.24, 2.45) is 0 Å². The molecule has 0 saturated carbocycles. The molecule has 0 saturated heterocycles. The van der Waals surface area contributed by atoms with Crippen molar-refractivity contribution < 1.29 is 17.8 Å². The summed E-state index contributed by atoms with van der Waals surface area (Å²) in [6, 6.07) is 2.96. The van der Waals surface area contributed by atoms with Gasteiger partial charge in [0.15, 0.2) is 0 Å². The van der Waals surface area contributed by atoms with Crippen LogP contribution in [0.4, 0.5) is 11.4 Å². The normalized spacial score (nSPS) is 11.6. The average Bonchev–Trinajstić information content (AvgIpc) is 2.69. The van der Waals surface area contributed by atoms with Crippen LogP contribution in [0.5, 0.6) is 0 Å². The molecule has 0 aliphatic rings. The Hall–Kier alpha value is -1.60. The van der Waals surface area contributed by atoms with Gasteiger partial charge >= 0.3 is 0 Å². The first kappa shape index (κ1) is 28.4. The van der Waals surface area contributed by atoms with Crippen molar-refractivity contribution in [1.29, 1.82) is 0 Å². The SMILES string of the molecule is CCCCCCCCCCCCCCCCCC(=O)Nc1cc(C)cc(N)c1S(=O)(=O)O. The first-order valence-electron chi connectivity index (χ1n) is 12.4. The number of hydrogen-bond donors (Lipinski definition) is 3. The second-order valence-corrected chi connectivity index (χ2v) is 10.3. The first-order valence-corrected chi connectivity index (χ1v) is 13.9. The molecule has 184 valence electrons. The number of carbonyl (C=O) groups excluding carboxylic acids is 1. The van der Waals surface area contributed by atoms with Crippen LogP contribution in [0.15, 0.2) is 17.0 Å². The lowest BCUT2D eigenvalue weighted by Gasteiger charge is -2.12. The predicted octanol–water partition coefficient (Wildman–Crippen LogP) is 7.02. The summed E-state index contributed by atoms with van der Waals surface area (Å²) in [5.41, 5.74) is 6.40. The molecule has 32 heavy (non-hydrogen) atoms. The molecule has 1 amide bonds. The number of nitrogens with two attached hydrogens (primary N) is 1. The fraction of sp³-hybridized carbons (Fsp3) is 0.720. The Morgan fingerprint density at radius 3 is 1.72 bits per heavy atom. The number of unbranched alkanes of at least 4 members (excludes halogenated alkanes) is 14. The van der Waals surface area contributed by atoms with E-state index >= 15 is 0 Å². The lowest BCUT2D eigenvalue weighted by atomic mass is 10.0. The Kier molecular flexibility index (Phi) is 14.3. The zero-order chi connectivity index (χ0) is 23.8. The summed E-state index contributed by atoms with van der Waals surface area (Å²) in [4.78, 5) is 11.8. The van der Waals surface area contributed by atoms with Crippen LogP contribution in [0.1, 0.15) is 115 Å². The number of benzene rings is 1. The maximum atomic E-state index is 12.2. The fourth-order valence-corrected chi connectivity index (χ4v) is 4.80. The van der Waals surface area contributed by atoms with E-state index in [2.05, 4.69) is 12.2 Å². The van der Waals surface area contributed by atoms with Gasteiger partial charge in [0.1, 0.15) is 4.90 Å². The molecule has 0 unspecified atom stereocenters. The van der Waals surface area contributed by atoms with E-state index in [1.807, 2.05) is 0 Å². The molecule has 0 aliphatic heterocycles. The number of rotatable bonds is 18. The van der Waals surface area contributed by atoms with Gasteiger partial charge in [-0.1, -0.05) is 96.8 Å². The lowest BCUT2D eigenvalue weighted by Crippen LogP contribution is -2.15. The van der Waals surface area contributed by atoms with Gasteiger partial charge in [0.2, 0.25) is 5.91 Å². The minimum absolute atomic E-state index is 0.0379. The van der Waals surface area contributed by atoms with Gasteiger partial charge in [-0.2, -0.15) is 8.42 Å². The van der Waals surface area contributed by atoms with E-state index in [-0.39, 0.29) is 17.3 Å². The largest absolute Gasteiger partial charge is 0.398 e. The number of carbonyl (C=O) groups is 1. The number of nitrogen functional groups attached to an aromatic ring is 1. The quantitative estimate of drug-likeness (QED) is 0.122. The van der Waals surface area contributed by atoms with Crippen LogP contribution in [0.2, 0.25) is 0 Å². The molecule has 0 aromatic heterocycles. The molecule has 0 aliphatic carbocycles. The molecule has 0 heterocycles. The molecule has 1 rings (SSSR count). The van der Waals surface area contributed by atoms with Gasteiger partial charge in [-0.25, -0.2) is 0 Å². The van der Waals surface area contributed by atoms with Gasteiger partial charge < -0.3 is 11.1 Å². The van der Waals surface area contributed by atoms with Gasteiger partial charge in [0, 0.05) is 6.42 Å². The Morgan fingerprint density at radius 1 is 0.844 bits per heavy atom. The van der Waals surface area contributed by atoms with Crippen LogP contribution in [0.25, 0.3) is 0 Å². The Bertz CT molecular complexity index is 778. The highest BCUT2D eigenvalue weighted by atomic mass is 32.2. The van der Waals surface area contributed by atoms with E-state index in [0.29, 0.717) is 12.0 Å². The highest BCUT2D eigenvalue weighted by molar-refractivity contribution is 7.86. The standard InChI is InChI=1S/C25H44N2O4S/c1-3-4-5-6-7-8-9-10-11-12-13-14-15-16-17-18-24(28)27-23-20-21(2)19-22(26)25(23)32(29,30)31/h19-20H,3-18,26H2,1-2H3,(H,27,28)(H,29,30,31). The molecule has 0 radical (unpaired) electrons. The third-order valence-electron chi connectivity index (χ3n) is 5.80. The second-order valence-electron chi connectivity index (χ2n) is 8.95. The van der Waals surface area contributed by atoms with Crippen LogP contribution in [-0.2, 0) is 14.9 Å². The fourth-order valence-electron chi connectivity index (χ4n) is 4.05. The minimum atomic E-state index is -4.52. The Morgan fingerprint density at radius 2 is 1.28 bits per heavy atom. The monoisotopic (exact) mass is 468 g/mol. The molecule has 0 spiro atoms. The van der Waals surface area contributed by atoms with Crippen molar-refractivity contribution in [3.63, 3.8) is 0 Å². The molecule has 0 bridgehead atoms. The third-order valence-corrected chi connectivity index (χ3v) is 6.77. The minimum Gasteiger partial charge on any atom is -0.398 e. The highest BCUT2D eigenvalue weighted by Gasteiger charge is 2.21. The summed E-state index contributed by atoms with van der Waals surface area (Å²) in [6.45, 7) is 4.00.